The molecule has 2 unspecified atom stereocenters. The molecule has 2 atom stereocenters. The van der Waals surface area contributed by atoms with Crippen molar-refractivity contribution in [2.45, 2.75) is 24.1 Å². The van der Waals surface area contributed by atoms with E-state index in [9.17, 15) is 18.8 Å². The molecule has 30 heavy (non-hydrogen) atoms. The predicted molar refractivity (Wildman–Crippen MR) is 108 cm³/mol. The highest BCUT2D eigenvalue weighted by atomic mass is 32.2. The first kappa shape index (κ1) is 20.4. The summed E-state index contributed by atoms with van der Waals surface area (Å²) in [6.07, 6.45) is 0.889. The number of carbonyl (C=O) groups is 3. The van der Waals surface area contributed by atoms with Gasteiger partial charge in [-0.1, -0.05) is 30.0 Å². The normalized spacial score (nSPS) is 21.3. The Kier molecular flexibility index (Phi) is 6.01. The molecule has 2 saturated heterocycles. The van der Waals surface area contributed by atoms with Crippen molar-refractivity contribution in [1.82, 2.24) is 10.6 Å². The molecule has 2 N–H and O–H groups in total. The average Bonchev–Trinajstić information content (AvgIpc) is 3.02. The smallest absolute Gasteiger partial charge is 0.286 e. The molecule has 0 aromatic heterocycles. The SMILES string of the molecule is O=C1COCC(Cc2ccc(Oc3ccc(CC4SC(=O)NC4=O)cc3F)cc2)N1. The second kappa shape index (κ2) is 8.85. The minimum atomic E-state index is -0.548. The van der Waals surface area contributed by atoms with Gasteiger partial charge in [-0.3, -0.25) is 19.7 Å². The molecule has 3 amide bonds. The number of thioether (sulfide) groups is 1. The van der Waals surface area contributed by atoms with E-state index in [4.69, 9.17) is 9.47 Å². The van der Waals surface area contributed by atoms with Crippen molar-refractivity contribution in [2.75, 3.05) is 13.2 Å². The van der Waals surface area contributed by atoms with Crippen LogP contribution in [0.3, 0.4) is 0 Å². The third kappa shape index (κ3) is 4.98. The number of nitrogens with one attached hydrogen (secondary N) is 2. The zero-order valence-corrected chi connectivity index (χ0v) is 16.7. The van der Waals surface area contributed by atoms with E-state index >= 15 is 0 Å². The molecule has 2 aliphatic heterocycles. The van der Waals surface area contributed by atoms with Gasteiger partial charge in [0, 0.05) is 0 Å². The van der Waals surface area contributed by atoms with Crippen LogP contribution in [0.2, 0.25) is 0 Å². The molecule has 0 spiro atoms. The maximum absolute atomic E-state index is 14.5. The zero-order chi connectivity index (χ0) is 21.1. The van der Waals surface area contributed by atoms with Gasteiger partial charge >= 0.3 is 0 Å². The van der Waals surface area contributed by atoms with Crippen molar-refractivity contribution >= 4 is 28.8 Å². The summed E-state index contributed by atoms with van der Waals surface area (Å²) < 4.78 is 25.3. The van der Waals surface area contributed by atoms with E-state index in [1.165, 1.54) is 12.1 Å². The van der Waals surface area contributed by atoms with E-state index in [-0.39, 0.29) is 41.9 Å². The molecule has 0 bridgehead atoms. The lowest BCUT2D eigenvalue weighted by atomic mass is 10.1. The van der Waals surface area contributed by atoms with Crippen LogP contribution >= 0.6 is 11.8 Å². The Bertz CT molecular complexity index is 982. The Labute approximate surface area is 176 Å². The van der Waals surface area contributed by atoms with E-state index in [0.717, 1.165) is 17.3 Å². The summed E-state index contributed by atoms with van der Waals surface area (Å²) in [6, 6.07) is 11.6. The third-order valence-electron chi connectivity index (χ3n) is 4.73. The summed E-state index contributed by atoms with van der Waals surface area (Å²) in [5, 5.41) is 4.16. The number of amides is 3. The number of imide groups is 1. The van der Waals surface area contributed by atoms with Gasteiger partial charge in [0.2, 0.25) is 11.8 Å². The Hall–Kier alpha value is -2.91. The van der Waals surface area contributed by atoms with Crippen LogP contribution in [0.15, 0.2) is 42.5 Å². The van der Waals surface area contributed by atoms with E-state index in [1.807, 2.05) is 12.1 Å². The summed E-state index contributed by atoms with van der Waals surface area (Å²) in [6.45, 7) is 0.565. The number of hydrogen-bond donors (Lipinski definition) is 2. The number of ether oxygens (including phenoxy) is 2. The molecule has 2 aromatic carbocycles. The van der Waals surface area contributed by atoms with Gasteiger partial charge in [0.15, 0.2) is 11.6 Å². The largest absolute Gasteiger partial charge is 0.454 e. The van der Waals surface area contributed by atoms with Crippen molar-refractivity contribution in [2.24, 2.45) is 0 Å². The van der Waals surface area contributed by atoms with Gasteiger partial charge in [-0.15, -0.1) is 0 Å². The lowest BCUT2D eigenvalue weighted by Crippen LogP contribution is -2.46. The van der Waals surface area contributed by atoms with Crippen LogP contribution in [0.25, 0.3) is 0 Å². The number of rotatable bonds is 6. The number of morpholine rings is 1. The fourth-order valence-corrected chi connectivity index (χ4v) is 4.18. The Morgan fingerprint density at radius 1 is 1.07 bits per heavy atom. The molecule has 2 aromatic rings. The second-order valence-electron chi connectivity index (χ2n) is 7.08. The molecule has 2 aliphatic rings. The van der Waals surface area contributed by atoms with Crippen molar-refractivity contribution in [1.29, 1.82) is 0 Å². The minimum absolute atomic E-state index is 0.0686. The van der Waals surface area contributed by atoms with Crippen molar-refractivity contribution in [3.63, 3.8) is 0 Å². The van der Waals surface area contributed by atoms with E-state index < -0.39 is 11.1 Å². The molecule has 4 rings (SSSR count). The standard InChI is InChI=1S/C21H19FN2O5S/c22-16-8-13(9-18-20(26)24-21(27)30-18)3-6-17(16)29-15-4-1-12(2-5-15)7-14-10-28-11-19(25)23-14/h1-6,8,14,18H,7,9-11H2,(H,23,25)(H,24,26,27). The Balaban J connectivity index is 1.36. The van der Waals surface area contributed by atoms with E-state index in [0.29, 0.717) is 24.3 Å². The molecule has 156 valence electrons. The van der Waals surface area contributed by atoms with Gasteiger partial charge < -0.3 is 14.8 Å². The first-order chi connectivity index (χ1) is 14.5. The molecule has 2 fully saturated rings. The van der Waals surface area contributed by atoms with Gasteiger partial charge in [0.05, 0.1) is 17.9 Å². The van der Waals surface area contributed by atoms with Crippen LogP contribution in [0.5, 0.6) is 11.5 Å². The summed E-state index contributed by atoms with van der Waals surface area (Å²) in [5.74, 6) is -0.480. The lowest BCUT2D eigenvalue weighted by molar-refractivity contribution is -0.131. The van der Waals surface area contributed by atoms with E-state index in [1.54, 1.807) is 18.2 Å². The number of halogens is 1. The van der Waals surface area contributed by atoms with Crippen LogP contribution in [0, 0.1) is 5.82 Å². The lowest BCUT2D eigenvalue weighted by Gasteiger charge is -2.23. The molecule has 9 heteroatoms. The zero-order valence-electron chi connectivity index (χ0n) is 15.9. The van der Waals surface area contributed by atoms with Crippen LogP contribution in [0.4, 0.5) is 9.18 Å². The van der Waals surface area contributed by atoms with Crippen LogP contribution in [-0.4, -0.2) is 41.6 Å². The molecule has 0 radical (unpaired) electrons. The van der Waals surface area contributed by atoms with Crippen LogP contribution in [-0.2, 0) is 27.2 Å². The molecule has 2 heterocycles. The number of benzene rings is 2. The topological polar surface area (TPSA) is 93.7 Å². The molecular formula is C21H19FN2O5S. The first-order valence-electron chi connectivity index (χ1n) is 9.40. The first-order valence-corrected chi connectivity index (χ1v) is 10.3. The predicted octanol–water partition coefficient (Wildman–Crippen LogP) is 2.57. The van der Waals surface area contributed by atoms with Crippen LogP contribution in [0.1, 0.15) is 11.1 Å². The third-order valence-corrected chi connectivity index (χ3v) is 5.72. The number of carbonyl (C=O) groups excluding carboxylic acids is 3. The molecule has 7 nitrogen and oxygen atoms in total. The fraction of sp³-hybridized carbons (Fsp3) is 0.286. The highest BCUT2D eigenvalue weighted by Gasteiger charge is 2.31. The summed E-state index contributed by atoms with van der Waals surface area (Å²) in [4.78, 5) is 34.3. The Morgan fingerprint density at radius 3 is 2.50 bits per heavy atom. The van der Waals surface area contributed by atoms with Crippen molar-refractivity contribution in [3.05, 3.63) is 59.4 Å². The minimum Gasteiger partial charge on any atom is -0.454 e. The second-order valence-corrected chi connectivity index (χ2v) is 8.26. The van der Waals surface area contributed by atoms with Gasteiger partial charge in [0.1, 0.15) is 12.4 Å². The highest BCUT2D eigenvalue weighted by molar-refractivity contribution is 8.15. The highest BCUT2D eigenvalue weighted by Crippen LogP contribution is 2.28. The van der Waals surface area contributed by atoms with Gasteiger partial charge in [-0.2, -0.15) is 0 Å². The average molecular weight is 430 g/mol. The Morgan fingerprint density at radius 2 is 1.83 bits per heavy atom. The molecule has 0 aliphatic carbocycles. The van der Waals surface area contributed by atoms with Gasteiger partial charge in [0.25, 0.3) is 5.24 Å². The fourth-order valence-electron chi connectivity index (χ4n) is 3.32. The van der Waals surface area contributed by atoms with Gasteiger partial charge in [-0.05, 0) is 48.2 Å². The molecule has 0 saturated carbocycles. The monoisotopic (exact) mass is 430 g/mol. The van der Waals surface area contributed by atoms with E-state index in [2.05, 4.69) is 10.6 Å². The summed E-state index contributed by atoms with van der Waals surface area (Å²) in [5.41, 5.74) is 1.60. The maximum Gasteiger partial charge on any atom is 0.286 e. The summed E-state index contributed by atoms with van der Waals surface area (Å²) >= 11 is 0.911. The van der Waals surface area contributed by atoms with Crippen molar-refractivity contribution in [3.8, 4) is 11.5 Å². The quantitative estimate of drug-likeness (QED) is 0.732. The van der Waals surface area contributed by atoms with Crippen LogP contribution < -0.4 is 15.4 Å². The van der Waals surface area contributed by atoms with Gasteiger partial charge in [-0.25, -0.2) is 4.39 Å². The molecular weight excluding hydrogens is 411 g/mol. The van der Waals surface area contributed by atoms with Crippen molar-refractivity contribution < 1.29 is 28.2 Å². The maximum atomic E-state index is 14.5. The summed E-state index contributed by atoms with van der Waals surface area (Å²) in [7, 11) is 0. The number of hydrogen-bond acceptors (Lipinski definition) is 6.